The number of methoxy groups -OCH3 is 1. The number of hydrogen-bond donors (Lipinski definition) is 0. The summed E-state index contributed by atoms with van der Waals surface area (Å²) >= 11 is 1.58. The maximum Gasteiger partial charge on any atom is 0.308 e. The molecule has 3 heterocycles. The second kappa shape index (κ2) is 6.36. The van der Waals surface area contributed by atoms with Gasteiger partial charge in [-0.3, -0.25) is 9.69 Å². The van der Waals surface area contributed by atoms with E-state index in [1.165, 1.54) is 7.11 Å². The number of nitrogens with zero attached hydrogens (tertiary/aromatic N) is 3. The molecule has 0 bridgehead atoms. The molecular weight excluding hydrogens is 290 g/mol. The molecule has 0 amide bonds. The molecule has 0 unspecified atom stereocenters. The molecule has 7 heteroatoms. The van der Waals surface area contributed by atoms with E-state index >= 15 is 0 Å². The van der Waals surface area contributed by atoms with Gasteiger partial charge < -0.3 is 9.26 Å². The van der Waals surface area contributed by atoms with Gasteiger partial charge in [0.1, 0.15) is 0 Å². The van der Waals surface area contributed by atoms with E-state index in [0.717, 1.165) is 30.8 Å². The quantitative estimate of drug-likeness (QED) is 0.807. The highest BCUT2D eigenvalue weighted by Crippen LogP contribution is 2.24. The highest BCUT2D eigenvalue weighted by atomic mass is 32.1. The number of carbonyl (C=O) groups excluding carboxylic acids is 1. The largest absolute Gasteiger partial charge is 0.469 e. The molecule has 1 saturated heterocycles. The van der Waals surface area contributed by atoms with E-state index in [4.69, 9.17) is 9.26 Å². The van der Waals surface area contributed by atoms with Crippen molar-refractivity contribution < 1.29 is 14.1 Å². The maximum atomic E-state index is 11.5. The third kappa shape index (κ3) is 3.30. The van der Waals surface area contributed by atoms with Crippen LogP contribution < -0.4 is 0 Å². The molecule has 0 radical (unpaired) electrons. The van der Waals surface area contributed by atoms with E-state index in [2.05, 4.69) is 15.0 Å². The zero-order valence-corrected chi connectivity index (χ0v) is 12.6. The van der Waals surface area contributed by atoms with Crippen LogP contribution in [0, 0.1) is 5.92 Å². The Morgan fingerprint density at radius 1 is 1.52 bits per heavy atom. The van der Waals surface area contributed by atoms with Crippen molar-refractivity contribution in [2.24, 2.45) is 5.92 Å². The minimum absolute atomic E-state index is 0.0261. The van der Waals surface area contributed by atoms with Crippen LogP contribution in [0.25, 0.3) is 10.8 Å². The van der Waals surface area contributed by atoms with Crippen LogP contribution in [-0.4, -0.2) is 41.2 Å². The van der Waals surface area contributed by atoms with Crippen molar-refractivity contribution in [1.29, 1.82) is 0 Å². The number of hydrogen-bond acceptors (Lipinski definition) is 7. The van der Waals surface area contributed by atoms with E-state index in [-0.39, 0.29) is 11.9 Å². The molecule has 1 aliphatic heterocycles. The fourth-order valence-corrected chi connectivity index (χ4v) is 3.16. The third-order valence-electron chi connectivity index (χ3n) is 3.69. The molecular formula is C14H17N3O3S. The maximum absolute atomic E-state index is 11.5. The summed E-state index contributed by atoms with van der Waals surface area (Å²) in [5.41, 5.74) is 0. The Labute approximate surface area is 126 Å². The summed E-state index contributed by atoms with van der Waals surface area (Å²) in [4.78, 5) is 19.1. The second-order valence-corrected chi connectivity index (χ2v) is 6.01. The third-order valence-corrected chi connectivity index (χ3v) is 4.55. The zero-order valence-electron chi connectivity index (χ0n) is 11.8. The summed E-state index contributed by atoms with van der Waals surface area (Å²) in [6, 6.07) is 3.92. The van der Waals surface area contributed by atoms with Crippen molar-refractivity contribution in [2.75, 3.05) is 20.2 Å². The van der Waals surface area contributed by atoms with E-state index in [0.29, 0.717) is 18.3 Å². The van der Waals surface area contributed by atoms with Gasteiger partial charge in [-0.2, -0.15) is 4.98 Å². The van der Waals surface area contributed by atoms with Crippen LogP contribution in [0.2, 0.25) is 0 Å². The van der Waals surface area contributed by atoms with Gasteiger partial charge in [0.15, 0.2) is 5.82 Å². The van der Waals surface area contributed by atoms with Gasteiger partial charge in [0.2, 0.25) is 0 Å². The van der Waals surface area contributed by atoms with Crippen molar-refractivity contribution >= 4 is 17.3 Å². The minimum atomic E-state index is -0.103. The zero-order chi connectivity index (χ0) is 14.7. The summed E-state index contributed by atoms with van der Waals surface area (Å²) in [6.07, 6.45) is 1.64. The van der Waals surface area contributed by atoms with Gasteiger partial charge >= 0.3 is 5.97 Å². The molecule has 1 aliphatic rings. The average Bonchev–Trinajstić information content (AvgIpc) is 3.18. The number of rotatable bonds is 4. The first-order valence-corrected chi connectivity index (χ1v) is 7.81. The Morgan fingerprint density at radius 3 is 3.00 bits per heavy atom. The molecule has 0 aromatic carbocycles. The van der Waals surface area contributed by atoms with Crippen LogP contribution in [0.4, 0.5) is 0 Å². The molecule has 0 N–H and O–H groups in total. The Balaban J connectivity index is 1.55. The molecule has 0 atom stereocenters. The fraction of sp³-hybridized carbons (Fsp3) is 0.500. The van der Waals surface area contributed by atoms with Crippen LogP contribution in [0.1, 0.15) is 18.7 Å². The molecule has 112 valence electrons. The van der Waals surface area contributed by atoms with E-state index in [9.17, 15) is 4.79 Å². The fourth-order valence-electron chi connectivity index (χ4n) is 2.51. The van der Waals surface area contributed by atoms with E-state index < -0.39 is 0 Å². The topological polar surface area (TPSA) is 68.5 Å². The van der Waals surface area contributed by atoms with E-state index in [1.807, 2.05) is 17.5 Å². The Kier molecular flexibility index (Phi) is 4.31. The van der Waals surface area contributed by atoms with Crippen molar-refractivity contribution in [3.05, 3.63) is 23.3 Å². The van der Waals surface area contributed by atoms with Gasteiger partial charge in [-0.25, -0.2) is 0 Å². The van der Waals surface area contributed by atoms with Gasteiger partial charge in [-0.05, 0) is 37.4 Å². The summed E-state index contributed by atoms with van der Waals surface area (Å²) in [5, 5.41) is 6.01. The Morgan fingerprint density at radius 2 is 2.33 bits per heavy atom. The molecule has 0 saturated carbocycles. The van der Waals surface area contributed by atoms with Crippen LogP contribution in [0.5, 0.6) is 0 Å². The monoisotopic (exact) mass is 307 g/mol. The van der Waals surface area contributed by atoms with Crippen molar-refractivity contribution in [1.82, 2.24) is 15.0 Å². The summed E-state index contributed by atoms with van der Waals surface area (Å²) < 4.78 is 10.1. The average molecular weight is 307 g/mol. The second-order valence-electron chi connectivity index (χ2n) is 5.07. The number of piperidine rings is 1. The van der Waals surface area contributed by atoms with Crippen molar-refractivity contribution in [3.8, 4) is 10.8 Å². The number of esters is 1. The Hall–Kier alpha value is -1.73. The SMILES string of the molecule is COC(=O)C1CCN(Cc2noc(-c3cccs3)n2)CC1. The smallest absolute Gasteiger partial charge is 0.308 e. The first-order chi connectivity index (χ1) is 10.3. The standard InChI is InChI=1S/C14H17N3O3S/c1-19-14(18)10-4-6-17(7-5-10)9-12-15-13(20-16-12)11-3-2-8-21-11/h2-3,8,10H,4-7,9H2,1H3. The van der Waals surface area contributed by atoms with Gasteiger partial charge in [-0.15, -0.1) is 11.3 Å². The normalized spacial score (nSPS) is 17.0. The number of likely N-dealkylation sites (tertiary alicyclic amines) is 1. The lowest BCUT2D eigenvalue weighted by Crippen LogP contribution is -2.36. The predicted molar refractivity (Wildman–Crippen MR) is 77.6 cm³/mol. The lowest BCUT2D eigenvalue weighted by Gasteiger charge is -2.29. The summed E-state index contributed by atoms with van der Waals surface area (Å²) in [6.45, 7) is 2.36. The molecule has 3 rings (SSSR count). The van der Waals surface area contributed by atoms with Crippen LogP contribution >= 0.6 is 11.3 Å². The lowest BCUT2D eigenvalue weighted by atomic mass is 9.97. The minimum Gasteiger partial charge on any atom is -0.469 e. The molecule has 21 heavy (non-hydrogen) atoms. The molecule has 6 nitrogen and oxygen atoms in total. The highest BCUT2D eigenvalue weighted by molar-refractivity contribution is 7.13. The molecule has 2 aromatic heterocycles. The van der Waals surface area contributed by atoms with Gasteiger partial charge in [-0.1, -0.05) is 11.2 Å². The molecule has 2 aromatic rings. The van der Waals surface area contributed by atoms with Crippen molar-refractivity contribution in [2.45, 2.75) is 19.4 Å². The van der Waals surface area contributed by atoms with Crippen LogP contribution in [0.3, 0.4) is 0 Å². The van der Waals surface area contributed by atoms with Crippen LogP contribution in [0.15, 0.2) is 22.0 Å². The molecule has 0 spiro atoms. The number of ether oxygens (including phenoxy) is 1. The lowest BCUT2D eigenvalue weighted by molar-refractivity contribution is -0.147. The van der Waals surface area contributed by atoms with Crippen molar-refractivity contribution in [3.63, 3.8) is 0 Å². The molecule has 1 fully saturated rings. The van der Waals surface area contributed by atoms with Crippen LogP contribution in [-0.2, 0) is 16.1 Å². The first kappa shape index (κ1) is 14.2. The van der Waals surface area contributed by atoms with Gasteiger partial charge in [0.25, 0.3) is 5.89 Å². The highest BCUT2D eigenvalue weighted by Gasteiger charge is 2.26. The van der Waals surface area contributed by atoms with E-state index in [1.54, 1.807) is 11.3 Å². The summed E-state index contributed by atoms with van der Waals surface area (Å²) in [7, 11) is 1.44. The Bertz CT molecular complexity index is 588. The molecule has 0 aliphatic carbocycles. The first-order valence-electron chi connectivity index (χ1n) is 6.93. The van der Waals surface area contributed by atoms with Gasteiger partial charge in [0, 0.05) is 0 Å². The number of thiophene rings is 1. The van der Waals surface area contributed by atoms with Gasteiger partial charge in [0.05, 0.1) is 24.4 Å². The number of carbonyl (C=O) groups is 1. The number of aromatic nitrogens is 2. The summed E-state index contributed by atoms with van der Waals surface area (Å²) in [5.74, 6) is 1.19. The predicted octanol–water partition coefficient (Wildman–Crippen LogP) is 2.18.